The zero-order chi connectivity index (χ0) is 26.5. The van der Waals surface area contributed by atoms with Gasteiger partial charge < -0.3 is 25.4 Å². The Labute approximate surface area is 213 Å². The van der Waals surface area contributed by atoms with Crippen molar-refractivity contribution in [2.45, 2.75) is 70.0 Å². The van der Waals surface area contributed by atoms with Crippen molar-refractivity contribution in [2.24, 2.45) is 29.1 Å². The fourth-order valence-electron chi connectivity index (χ4n) is 6.97. The number of ether oxygens (including phenoxy) is 1. The molecule has 1 heterocycles. The first kappa shape index (κ1) is 26.7. The third-order valence-electron chi connectivity index (χ3n) is 8.99. The summed E-state index contributed by atoms with van der Waals surface area (Å²) < 4.78 is 5.40. The quantitative estimate of drug-likeness (QED) is 0.290. The molecule has 2 aliphatic carbocycles. The number of amides is 1. The number of ketones is 1. The van der Waals surface area contributed by atoms with Crippen LogP contribution < -0.4 is 5.32 Å². The van der Waals surface area contributed by atoms with Crippen LogP contribution in [0.5, 0.6) is 0 Å². The van der Waals surface area contributed by atoms with E-state index in [-0.39, 0.29) is 24.3 Å². The van der Waals surface area contributed by atoms with E-state index in [4.69, 9.17) is 4.74 Å². The predicted molar refractivity (Wildman–Crippen MR) is 136 cm³/mol. The minimum Gasteiger partial charge on any atom is -0.388 e. The SMILES string of the molecule is C=C1C(O)[C@@H]2/C=C/C[C@H](C)C[C@](C)(O)[C@](O)(OC)CC(=O)[C@@]23C(=O)N[C@@H](Cc2ccccc2)[C@@H]3[C@@H]1C. The largest absolute Gasteiger partial charge is 0.388 e. The summed E-state index contributed by atoms with van der Waals surface area (Å²) >= 11 is 0. The van der Waals surface area contributed by atoms with Crippen molar-refractivity contribution in [2.75, 3.05) is 7.11 Å². The van der Waals surface area contributed by atoms with Crippen molar-refractivity contribution in [1.82, 2.24) is 5.32 Å². The number of methoxy groups -OCH3 is 1. The van der Waals surface area contributed by atoms with E-state index in [0.717, 1.165) is 5.56 Å². The summed E-state index contributed by atoms with van der Waals surface area (Å²) in [6, 6.07) is 9.37. The minimum atomic E-state index is -2.20. The maximum Gasteiger partial charge on any atom is 0.235 e. The molecule has 1 aromatic rings. The van der Waals surface area contributed by atoms with Crippen molar-refractivity contribution >= 4 is 11.7 Å². The van der Waals surface area contributed by atoms with Gasteiger partial charge in [-0.05, 0) is 49.2 Å². The first-order chi connectivity index (χ1) is 16.9. The van der Waals surface area contributed by atoms with E-state index in [0.29, 0.717) is 18.4 Å². The summed E-state index contributed by atoms with van der Waals surface area (Å²) in [6.45, 7) is 9.46. The lowest BCUT2D eigenvalue weighted by atomic mass is 9.51. The second-order valence-corrected chi connectivity index (χ2v) is 11.3. The number of carbonyl (C=O) groups is 2. The average molecular weight is 498 g/mol. The summed E-state index contributed by atoms with van der Waals surface area (Å²) in [6.07, 6.45) is 3.19. The Balaban J connectivity index is 1.89. The van der Waals surface area contributed by atoms with Gasteiger partial charge in [-0.25, -0.2) is 0 Å². The lowest BCUT2D eigenvalue weighted by molar-refractivity contribution is -0.288. The van der Waals surface area contributed by atoms with Gasteiger partial charge in [-0.2, -0.15) is 0 Å². The van der Waals surface area contributed by atoms with Gasteiger partial charge in [0.2, 0.25) is 11.7 Å². The molecule has 9 atom stereocenters. The maximum atomic E-state index is 14.3. The number of aliphatic hydroxyl groups is 3. The number of aliphatic hydroxyl groups excluding tert-OH is 1. The molecule has 0 radical (unpaired) electrons. The molecule has 2 fully saturated rings. The van der Waals surface area contributed by atoms with Crippen molar-refractivity contribution in [1.29, 1.82) is 0 Å². The van der Waals surface area contributed by atoms with E-state index in [2.05, 4.69) is 11.9 Å². The first-order valence-corrected chi connectivity index (χ1v) is 12.8. The molecule has 196 valence electrons. The predicted octanol–water partition coefficient (Wildman–Crippen LogP) is 2.54. The molecule has 7 nitrogen and oxygen atoms in total. The van der Waals surface area contributed by atoms with Gasteiger partial charge in [-0.15, -0.1) is 0 Å². The van der Waals surface area contributed by atoms with Crippen LogP contribution in [0.4, 0.5) is 0 Å². The zero-order valence-corrected chi connectivity index (χ0v) is 21.6. The van der Waals surface area contributed by atoms with Crippen molar-refractivity contribution < 1.29 is 29.6 Å². The van der Waals surface area contributed by atoms with E-state index in [1.807, 2.05) is 50.3 Å². The van der Waals surface area contributed by atoms with Crippen molar-refractivity contribution in [3.63, 3.8) is 0 Å². The topological polar surface area (TPSA) is 116 Å². The Bertz CT molecular complexity index is 1050. The molecule has 36 heavy (non-hydrogen) atoms. The summed E-state index contributed by atoms with van der Waals surface area (Å²) in [5.41, 5.74) is -1.78. The zero-order valence-electron chi connectivity index (χ0n) is 21.6. The fraction of sp³-hybridized carbons (Fsp3) is 0.586. The van der Waals surface area contributed by atoms with Crippen LogP contribution in [-0.2, 0) is 20.7 Å². The molecule has 1 aromatic carbocycles. The highest BCUT2D eigenvalue weighted by Gasteiger charge is 2.69. The molecule has 1 saturated carbocycles. The van der Waals surface area contributed by atoms with Gasteiger partial charge in [0.05, 0.1) is 12.5 Å². The number of Topliss-reactive ketones (excluding diaryl/α,β-unsaturated/α-hetero) is 1. The van der Waals surface area contributed by atoms with E-state index in [9.17, 15) is 24.9 Å². The summed E-state index contributed by atoms with van der Waals surface area (Å²) in [5, 5.41) is 37.2. The molecule has 1 aliphatic heterocycles. The number of rotatable bonds is 3. The third kappa shape index (κ3) is 4.06. The van der Waals surface area contributed by atoms with Crippen LogP contribution in [-0.4, -0.2) is 57.7 Å². The van der Waals surface area contributed by atoms with Crippen molar-refractivity contribution in [3.8, 4) is 0 Å². The van der Waals surface area contributed by atoms with Gasteiger partial charge >= 0.3 is 0 Å². The Morgan fingerprint density at radius 3 is 2.47 bits per heavy atom. The van der Waals surface area contributed by atoms with E-state index in [1.54, 1.807) is 6.08 Å². The van der Waals surface area contributed by atoms with Gasteiger partial charge in [0.15, 0.2) is 5.78 Å². The monoisotopic (exact) mass is 497 g/mol. The number of allylic oxidation sites excluding steroid dienone is 1. The summed E-state index contributed by atoms with van der Waals surface area (Å²) in [5.74, 6) is -4.97. The molecule has 0 aromatic heterocycles. The Hall–Kier alpha value is -2.32. The van der Waals surface area contributed by atoms with Crippen LogP contribution in [0.15, 0.2) is 54.6 Å². The highest BCUT2D eigenvalue weighted by atomic mass is 16.6. The molecule has 1 spiro atoms. The van der Waals surface area contributed by atoms with Gasteiger partial charge in [0.25, 0.3) is 0 Å². The van der Waals surface area contributed by atoms with E-state index >= 15 is 0 Å². The van der Waals surface area contributed by atoms with Crippen LogP contribution in [0, 0.1) is 29.1 Å². The highest BCUT2D eigenvalue weighted by molar-refractivity contribution is 6.09. The summed E-state index contributed by atoms with van der Waals surface area (Å²) in [4.78, 5) is 28.3. The maximum absolute atomic E-state index is 14.3. The normalized spacial score (nSPS) is 44.2. The molecule has 4 N–H and O–H groups in total. The Morgan fingerprint density at radius 2 is 1.83 bits per heavy atom. The van der Waals surface area contributed by atoms with Crippen LogP contribution in [0.25, 0.3) is 0 Å². The summed E-state index contributed by atoms with van der Waals surface area (Å²) in [7, 11) is 1.25. The van der Waals surface area contributed by atoms with Crippen LogP contribution in [0.2, 0.25) is 0 Å². The Morgan fingerprint density at radius 1 is 1.17 bits per heavy atom. The van der Waals surface area contributed by atoms with Gasteiger partial charge in [-0.3, -0.25) is 9.59 Å². The molecule has 4 rings (SSSR count). The van der Waals surface area contributed by atoms with Crippen molar-refractivity contribution in [3.05, 3.63) is 60.2 Å². The molecule has 1 saturated heterocycles. The second kappa shape index (κ2) is 9.53. The van der Waals surface area contributed by atoms with E-state index < -0.39 is 52.9 Å². The molecule has 1 unspecified atom stereocenters. The van der Waals surface area contributed by atoms with Crippen LogP contribution in [0.1, 0.15) is 45.6 Å². The third-order valence-corrected chi connectivity index (χ3v) is 8.99. The minimum absolute atomic E-state index is 0.0519. The van der Waals surface area contributed by atoms with Crippen LogP contribution >= 0.6 is 0 Å². The lowest BCUT2D eigenvalue weighted by Crippen LogP contribution is -2.62. The van der Waals surface area contributed by atoms with Gasteiger partial charge in [-0.1, -0.05) is 62.9 Å². The Kier molecular flexibility index (Phi) is 7.07. The highest BCUT2D eigenvalue weighted by Crippen LogP contribution is 2.57. The smallest absolute Gasteiger partial charge is 0.235 e. The molecule has 3 aliphatic rings. The molecule has 7 heteroatoms. The number of benzene rings is 1. The number of carbonyl (C=O) groups excluding carboxylic acids is 2. The van der Waals surface area contributed by atoms with E-state index in [1.165, 1.54) is 14.0 Å². The molecule has 1 amide bonds. The number of hydrogen-bond acceptors (Lipinski definition) is 6. The molecule has 0 bridgehead atoms. The fourth-order valence-corrected chi connectivity index (χ4v) is 6.97. The van der Waals surface area contributed by atoms with Gasteiger partial charge in [0.1, 0.15) is 11.0 Å². The number of nitrogens with one attached hydrogen (secondary N) is 1. The lowest BCUT2D eigenvalue weighted by Gasteiger charge is -2.50. The van der Waals surface area contributed by atoms with Crippen LogP contribution in [0.3, 0.4) is 0 Å². The first-order valence-electron chi connectivity index (χ1n) is 12.8. The average Bonchev–Trinajstić information content (AvgIpc) is 3.11. The van der Waals surface area contributed by atoms with Gasteiger partial charge in [0, 0.05) is 25.0 Å². The molecular formula is C29H39NO6. The number of hydrogen-bond donors (Lipinski definition) is 4. The molecular weight excluding hydrogens is 458 g/mol. The standard InChI is InChI=1S/C29H39NO6/c1-17-10-9-13-21-25(32)19(3)18(2)24-22(14-20-11-7-6-8-12-20)30-26(33)29(21,24)23(31)16-28(35,36-5)27(4,34)15-17/h6-9,11-13,17-18,21-22,24-25,32,34-35H,3,10,14-16H2,1-2,4-5H3,(H,30,33)/b13-9+/t17-,18+,21-,22-,24-,25?,27-,28+,29-/m0/s1. The second-order valence-electron chi connectivity index (χ2n) is 11.3.